The molecule has 0 rings (SSSR count). The molecular formula is C14H28N4O3. The molecule has 7 nitrogen and oxygen atoms in total. The Bertz CT molecular complexity index is 390. The summed E-state index contributed by atoms with van der Waals surface area (Å²) in [6, 6.07) is 0. The fraction of sp³-hybridized carbons (Fsp3) is 0.786. The summed E-state index contributed by atoms with van der Waals surface area (Å²) in [6.45, 7) is 6.02. The highest BCUT2D eigenvalue weighted by atomic mass is 16.4. The van der Waals surface area contributed by atoms with Gasteiger partial charge in [0.2, 0.25) is 11.8 Å². The normalized spacial score (nSPS) is 12.1. The number of rotatable bonds is 8. The van der Waals surface area contributed by atoms with Gasteiger partial charge in [-0.2, -0.15) is 0 Å². The second-order valence-corrected chi connectivity index (χ2v) is 5.29. The molecule has 0 aliphatic rings. The van der Waals surface area contributed by atoms with E-state index in [0.29, 0.717) is 19.4 Å². The van der Waals surface area contributed by atoms with E-state index in [1.54, 1.807) is 14.1 Å². The van der Waals surface area contributed by atoms with E-state index in [4.69, 9.17) is 10.9 Å². The highest BCUT2D eigenvalue weighted by Gasteiger charge is 2.42. The first-order chi connectivity index (χ1) is 9.80. The zero-order chi connectivity index (χ0) is 16.6. The quantitative estimate of drug-likeness (QED) is 0.301. The van der Waals surface area contributed by atoms with E-state index >= 15 is 0 Å². The highest BCUT2D eigenvalue weighted by Crippen LogP contribution is 2.29. The van der Waals surface area contributed by atoms with Crippen molar-refractivity contribution in [2.75, 3.05) is 27.2 Å². The maximum Gasteiger partial charge on any atom is 0.241 e. The van der Waals surface area contributed by atoms with Crippen molar-refractivity contribution in [3.05, 3.63) is 0 Å². The number of likely N-dealkylation sites (N-methyl/N-ethyl adjacent to an activating group) is 1. The third kappa shape index (κ3) is 4.34. The first-order valence-electron chi connectivity index (χ1n) is 7.28. The first kappa shape index (κ1) is 19.2. The monoisotopic (exact) mass is 300 g/mol. The van der Waals surface area contributed by atoms with E-state index in [1.165, 1.54) is 9.80 Å². The van der Waals surface area contributed by atoms with Crippen molar-refractivity contribution in [2.24, 2.45) is 16.3 Å². The van der Waals surface area contributed by atoms with Crippen LogP contribution in [0.15, 0.2) is 5.16 Å². The number of hydrogen-bond acceptors (Lipinski definition) is 4. The van der Waals surface area contributed by atoms with E-state index < -0.39 is 5.41 Å². The van der Waals surface area contributed by atoms with Crippen molar-refractivity contribution in [2.45, 2.75) is 40.0 Å². The molecule has 0 radical (unpaired) electrons. The lowest BCUT2D eigenvalue weighted by molar-refractivity contribution is -0.144. The van der Waals surface area contributed by atoms with E-state index in [2.05, 4.69) is 5.16 Å². The largest absolute Gasteiger partial charge is 0.409 e. The molecule has 0 saturated carbocycles. The number of carbonyl (C=O) groups excluding carboxylic acids is 2. The Balaban J connectivity index is 5.47. The van der Waals surface area contributed by atoms with Crippen LogP contribution < -0.4 is 5.73 Å². The topological polar surface area (TPSA) is 99.2 Å². The molecule has 0 aromatic carbocycles. The van der Waals surface area contributed by atoms with Gasteiger partial charge in [-0.3, -0.25) is 9.59 Å². The molecule has 3 N–H and O–H groups in total. The number of nitrogens with two attached hydrogens (primary N) is 1. The molecule has 0 atom stereocenters. The molecule has 0 spiro atoms. The van der Waals surface area contributed by atoms with Crippen LogP contribution in [-0.4, -0.2) is 59.8 Å². The SMILES string of the molecule is CCCN(CC(=O)N(C)C)C(=O)C(CC)(CC)C(N)=NO. The van der Waals surface area contributed by atoms with Crippen molar-refractivity contribution < 1.29 is 14.8 Å². The van der Waals surface area contributed by atoms with Gasteiger partial charge in [-0.25, -0.2) is 0 Å². The Labute approximate surface area is 126 Å². The molecule has 0 heterocycles. The van der Waals surface area contributed by atoms with Gasteiger partial charge in [0.25, 0.3) is 0 Å². The summed E-state index contributed by atoms with van der Waals surface area (Å²) in [7, 11) is 3.29. The van der Waals surface area contributed by atoms with Gasteiger partial charge in [0.05, 0.1) is 6.54 Å². The van der Waals surface area contributed by atoms with Crippen LogP contribution in [0.3, 0.4) is 0 Å². The lowest BCUT2D eigenvalue weighted by atomic mass is 9.79. The maximum absolute atomic E-state index is 12.9. The number of carbonyl (C=O) groups is 2. The van der Waals surface area contributed by atoms with Crippen molar-refractivity contribution in [1.82, 2.24) is 9.80 Å². The Kier molecular flexibility index (Phi) is 7.76. The third-order valence-corrected chi connectivity index (χ3v) is 3.82. The fourth-order valence-electron chi connectivity index (χ4n) is 2.25. The maximum atomic E-state index is 12.9. The van der Waals surface area contributed by atoms with Gasteiger partial charge in [0.1, 0.15) is 5.41 Å². The number of amidine groups is 1. The molecule has 0 unspecified atom stereocenters. The Morgan fingerprint density at radius 3 is 2.05 bits per heavy atom. The molecule has 0 bridgehead atoms. The van der Waals surface area contributed by atoms with E-state index in [0.717, 1.165) is 6.42 Å². The number of nitrogens with zero attached hydrogens (tertiary/aromatic N) is 3. The third-order valence-electron chi connectivity index (χ3n) is 3.82. The second-order valence-electron chi connectivity index (χ2n) is 5.29. The lowest BCUT2D eigenvalue weighted by Crippen LogP contribution is -2.53. The van der Waals surface area contributed by atoms with Gasteiger partial charge >= 0.3 is 0 Å². The molecule has 0 fully saturated rings. The standard InChI is InChI=1S/C14H28N4O3/c1-6-9-18(10-11(19)17(4)5)13(20)14(7-2,8-3)12(15)16-21/h21H,6-10H2,1-5H3,(H2,15,16). The summed E-state index contributed by atoms with van der Waals surface area (Å²) in [5, 5.41) is 12.0. The Hall–Kier alpha value is -1.79. The molecule has 0 aromatic heterocycles. The predicted octanol–water partition coefficient (Wildman–Crippen LogP) is 0.866. The van der Waals surface area contributed by atoms with E-state index in [1.807, 2.05) is 20.8 Å². The molecule has 7 heteroatoms. The summed E-state index contributed by atoms with van der Waals surface area (Å²) in [4.78, 5) is 27.7. The van der Waals surface area contributed by atoms with E-state index in [9.17, 15) is 9.59 Å². The highest BCUT2D eigenvalue weighted by molar-refractivity contribution is 6.07. The van der Waals surface area contributed by atoms with Gasteiger partial charge in [-0.1, -0.05) is 25.9 Å². The number of hydrogen-bond donors (Lipinski definition) is 2. The smallest absolute Gasteiger partial charge is 0.241 e. The van der Waals surface area contributed by atoms with Gasteiger partial charge in [-0.05, 0) is 19.3 Å². The molecular weight excluding hydrogens is 272 g/mol. The van der Waals surface area contributed by atoms with Gasteiger partial charge in [-0.15, -0.1) is 0 Å². The van der Waals surface area contributed by atoms with Crippen molar-refractivity contribution in [3.63, 3.8) is 0 Å². The predicted molar refractivity (Wildman–Crippen MR) is 82.0 cm³/mol. The summed E-state index contributed by atoms with van der Waals surface area (Å²) in [6.07, 6.45) is 1.55. The van der Waals surface area contributed by atoms with E-state index in [-0.39, 0.29) is 24.2 Å². The zero-order valence-corrected chi connectivity index (χ0v) is 13.7. The molecule has 0 aliphatic heterocycles. The Morgan fingerprint density at radius 1 is 1.19 bits per heavy atom. The minimum absolute atomic E-state index is 0.000131. The number of amides is 2. The molecule has 0 aliphatic carbocycles. The first-order valence-corrected chi connectivity index (χ1v) is 7.28. The summed E-state index contributed by atoms with van der Waals surface area (Å²) < 4.78 is 0. The van der Waals surface area contributed by atoms with Crippen LogP contribution >= 0.6 is 0 Å². The second kappa shape index (κ2) is 8.49. The van der Waals surface area contributed by atoms with Crippen LogP contribution in [0.25, 0.3) is 0 Å². The fourth-order valence-corrected chi connectivity index (χ4v) is 2.25. The van der Waals surface area contributed by atoms with Crippen LogP contribution in [0.2, 0.25) is 0 Å². The summed E-state index contributed by atoms with van der Waals surface area (Å²) in [5.41, 5.74) is 4.70. The average Bonchev–Trinajstić information content (AvgIpc) is 2.47. The summed E-state index contributed by atoms with van der Waals surface area (Å²) >= 11 is 0. The van der Waals surface area contributed by atoms with Crippen LogP contribution in [-0.2, 0) is 9.59 Å². The van der Waals surface area contributed by atoms with Crippen molar-refractivity contribution in [1.29, 1.82) is 0 Å². The summed E-state index contributed by atoms with van der Waals surface area (Å²) in [5.74, 6) is -0.520. The molecule has 21 heavy (non-hydrogen) atoms. The van der Waals surface area contributed by atoms with Gasteiger partial charge in [0, 0.05) is 20.6 Å². The molecule has 0 aromatic rings. The van der Waals surface area contributed by atoms with Crippen molar-refractivity contribution in [3.8, 4) is 0 Å². The average molecular weight is 300 g/mol. The van der Waals surface area contributed by atoms with Crippen LogP contribution in [0, 0.1) is 5.41 Å². The van der Waals surface area contributed by atoms with Crippen molar-refractivity contribution >= 4 is 17.6 Å². The Morgan fingerprint density at radius 2 is 1.71 bits per heavy atom. The van der Waals surface area contributed by atoms with Gasteiger partial charge in [0.15, 0.2) is 5.84 Å². The number of oxime groups is 1. The van der Waals surface area contributed by atoms with Crippen LogP contribution in [0.4, 0.5) is 0 Å². The zero-order valence-electron chi connectivity index (χ0n) is 13.7. The molecule has 2 amide bonds. The minimum Gasteiger partial charge on any atom is -0.409 e. The van der Waals surface area contributed by atoms with Crippen LogP contribution in [0.1, 0.15) is 40.0 Å². The van der Waals surface area contributed by atoms with Gasteiger partial charge < -0.3 is 20.7 Å². The van der Waals surface area contributed by atoms with Crippen LogP contribution in [0.5, 0.6) is 0 Å². The molecule has 122 valence electrons. The minimum atomic E-state index is -1.06. The lowest BCUT2D eigenvalue weighted by Gasteiger charge is -2.35. The molecule has 0 saturated heterocycles.